The molecule has 39 heavy (non-hydrogen) atoms. The van der Waals surface area contributed by atoms with Crippen molar-refractivity contribution in [2.75, 3.05) is 36.8 Å². The lowest BCUT2D eigenvalue weighted by atomic mass is 9.98. The number of nitrogens with zero attached hydrogens (tertiary/aromatic N) is 5. The Morgan fingerprint density at radius 3 is 2.51 bits per heavy atom. The van der Waals surface area contributed by atoms with Gasteiger partial charge < -0.3 is 14.7 Å². The number of carbonyl (C=O) groups is 2. The predicted molar refractivity (Wildman–Crippen MR) is 146 cm³/mol. The van der Waals surface area contributed by atoms with Crippen molar-refractivity contribution in [3.8, 4) is 11.1 Å². The van der Waals surface area contributed by atoms with Crippen LogP contribution in [-0.2, 0) is 16.1 Å². The smallest absolute Gasteiger partial charge is 0.350 e. The van der Waals surface area contributed by atoms with Gasteiger partial charge >= 0.3 is 5.69 Å². The topological polar surface area (TPSA) is 78.8 Å². The summed E-state index contributed by atoms with van der Waals surface area (Å²) in [5, 5.41) is 0.896. The van der Waals surface area contributed by atoms with Crippen molar-refractivity contribution in [1.29, 1.82) is 0 Å². The third-order valence-electron chi connectivity index (χ3n) is 7.60. The molecule has 2 atom stereocenters. The molecule has 0 saturated carbocycles. The Labute approximate surface area is 231 Å². The second-order valence-corrected chi connectivity index (χ2v) is 11.4. The Balaban J connectivity index is 1.51. The van der Waals surface area contributed by atoms with Gasteiger partial charge in [-0.3, -0.25) is 14.2 Å². The summed E-state index contributed by atoms with van der Waals surface area (Å²) in [4.78, 5) is 48.7. The van der Waals surface area contributed by atoms with Gasteiger partial charge in [0, 0.05) is 72.9 Å². The molecule has 3 aromatic rings. The zero-order chi connectivity index (χ0) is 27.6. The van der Waals surface area contributed by atoms with Crippen LogP contribution in [0.15, 0.2) is 46.6 Å². The van der Waals surface area contributed by atoms with E-state index in [2.05, 4.69) is 11.6 Å². The Hall–Kier alpha value is -3.44. The largest absolute Gasteiger partial charge is 0.352 e. The molecule has 2 fully saturated rings. The van der Waals surface area contributed by atoms with Gasteiger partial charge in [-0.1, -0.05) is 18.2 Å². The van der Waals surface area contributed by atoms with Crippen LogP contribution in [0.1, 0.15) is 6.92 Å². The molecule has 8 nitrogen and oxygen atoms in total. The van der Waals surface area contributed by atoms with Crippen LogP contribution < -0.4 is 10.6 Å². The van der Waals surface area contributed by atoms with Crippen LogP contribution >= 0.6 is 23.4 Å². The SMILES string of the molecule is C=CC(=O)N1C2CN(C(C)=O)CC1CN(c1nc(=O)n3c4c(c(-c5ccc(F)cc5F)c(Cl)cc14)SCC3)C2. The molecule has 4 heterocycles. The quantitative estimate of drug-likeness (QED) is 0.448. The van der Waals surface area contributed by atoms with E-state index in [1.165, 1.54) is 36.9 Å². The third kappa shape index (κ3) is 4.19. The molecular weight excluding hydrogens is 548 g/mol. The van der Waals surface area contributed by atoms with E-state index in [-0.39, 0.29) is 34.5 Å². The summed E-state index contributed by atoms with van der Waals surface area (Å²) in [5.74, 6) is -0.713. The maximum absolute atomic E-state index is 14.9. The molecule has 3 aliphatic heterocycles. The van der Waals surface area contributed by atoms with Crippen molar-refractivity contribution in [1.82, 2.24) is 19.4 Å². The number of piperazine rings is 2. The van der Waals surface area contributed by atoms with Crippen LogP contribution in [0.5, 0.6) is 0 Å². The highest BCUT2D eigenvalue weighted by atomic mass is 35.5. The molecule has 202 valence electrons. The number of amides is 2. The first-order chi connectivity index (χ1) is 18.7. The first kappa shape index (κ1) is 25.8. The molecular formula is C27H24ClF2N5O3S. The number of fused-ring (bicyclic) bond motifs is 2. The standard InChI is InChI=1S/C27H24ClF2N5O3S/c1-3-22(37)35-16-10-32(14(2)36)11-17(35)13-33(12-16)26-19-9-20(28)23(18-5-4-15(29)8-21(18)30)25-24(19)34(6-7-39-25)27(38)31-26/h3-5,8-9,16-17H,1,6-7,10-13H2,2H3. The summed E-state index contributed by atoms with van der Waals surface area (Å²) in [6.45, 7) is 6.96. The molecule has 2 saturated heterocycles. The molecule has 2 unspecified atom stereocenters. The van der Waals surface area contributed by atoms with Gasteiger partial charge in [-0.15, -0.1) is 11.8 Å². The van der Waals surface area contributed by atoms with Crippen LogP contribution in [0.4, 0.5) is 14.6 Å². The van der Waals surface area contributed by atoms with Gasteiger partial charge in [-0.05, 0) is 24.3 Å². The van der Waals surface area contributed by atoms with E-state index in [1.54, 1.807) is 20.4 Å². The second kappa shape index (κ2) is 9.63. The van der Waals surface area contributed by atoms with Gasteiger partial charge in [0.15, 0.2) is 0 Å². The van der Waals surface area contributed by atoms with Crippen molar-refractivity contribution in [3.05, 3.63) is 64.1 Å². The van der Waals surface area contributed by atoms with Crippen LogP contribution in [-0.4, -0.2) is 75.2 Å². The summed E-state index contributed by atoms with van der Waals surface area (Å²) in [6, 6.07) is 4.38. The minimum absolute atomic E-state index is 0.0635. The van der Waals surface area contributed by atoms with Crippen LogP contribution in [0.2, 0.25) is 5.02 Å². The number of benzene rings is 2. The fraction of sp³-hybridized carbons (Fsp3) is 0.333. The van der Waals surface area contributed by atoms with Crippen LogP contribution in [0, 0.1) is 11.6 Å². The zero-order valence-corrected chi connectivity index (χ0v) is 22.6. The molecule has 2 bridgehead atoms. The number of hydrogen-bond donors (Lipinski definition) is 0. The predicted octanol–water partition coefficient (Wildman–Crippen LogP) is 3.53. The molecule has 6 rings (SSSR count). The van der Waals surface area contributed by atoms with E-state index in [0.717, 1.165) is 6.07 Å². The van der Waals surface area contributed by atoms with E-state index in [4.69, 9.17) is 11.6 Å². The minimum atomic E-state index is -0.743. The molecule has 0 spiro atoms. The highest BCUT2D eigenvalue weighted by molar-refractivity contribution is 7.99. The molecule has 0 radical (unpaired) electrons. The van der Waals surface area contributed by atoms with E-state index >= 15 is 0 Å². The van der Waals surface area contributed by atoms with Gasteiger partial charge in [0.25, 0.3) is 0 Å². The lowest BCUT2D eigenvalue weighted by Gasteiger charge is -2.53. The summed E-state index contributed by atoms with van der Waals surface area (Å²) in [5.41, 5.74) is 0.726. The van der Waals surface area contributed by atoms with Crippen molar-refractivity contribution < 1.29 is 18.4 Å². The zero-order valence-electron chi connectivity index (χ0n) is 21.0. The Morgan fingerprint density at radius 1 is 1.15 bits per heavy atom. The molecule has 0 N–H and O–H groups in total. The van der Waals surface area contributed by atoms with E-state index in [1.807, 2.05) is 4.90 Å². The number of anilines is 1. The summed E-state index contributed by atoms with van der Waals surface area (Å²) in [7, 11) is 0. The number of hydrogen-bond acceptors (Lipinski definition) is 6. The number of aromatic nitrogens is 2. The summed E-state index contributed by atoms with van der Waals surface area (Å²) in [6.07, 6.45) is 1.28. The van der Waals surface area contributed by atoms with Crippen molar-refractivity contribution in [2.24, 2.45) is 0 Å². The van der Waals surface area contributed by atoms with Gasteiger partial charge in [-0.25, -0.2) is 13.6 Å². The third-order valence-corrected chi connectivity index (χ3v) is 8.97. The molecule has 1 aromatic heterocycles. The lowest BCUT2D eigenvalue weighted by Crippen LogP contribution is -2.70. The molecule has 0 aliphatic carbocycles. The highest BCUT2D eigenvalue weighted by Gasteiger charge is 2.43. The lowest BCUT2D eigenvalue weighted by molar-refractivity contribution is -0.143. The average molecular weight is 572 g/mol. The van der Waals surface area contributed by atoms with Gasteiger partial charge in [-0.2, -0.15) is 4.98 Å². The van der Waals surface area contributed by atoms with Gasteiger partial charge in [0.1, 0.15) is 17.5 Å². The van der Waals surface area contributed by atoms with Gasteiger partial charge in [0.05, 0.1) is 22.6 Å². The highest BCUT2D eigenvalue weighted by Crippen LogP contribution is 2.46. The maximum Gasteiger partial charge on any atom is 0.350 e. The fourth-order valence-corrected chi connectivity index (χ4v) is 7.52. The summed E-state index contributed by atoms with van der Waals surface area (Å²) < 4.78 is 30.1. The number of thioether (sulfide) groups is 1. The molecule has 12 heteroatoms. The van der Waals surface area contributed by atoms with Crippen molar-refractivity contribution in [2.45, 2.75) is 30.4 Å². The summed E-state index contributed by atoms with van der Waals surface area (Å²) >= 11 is 8.24. The van der Waals surface area contributed by atoms with E-state index in [9.17, 15) is 23.2 Å². The van der Waals surface area contributed by atoms with Crippen LogP contribution in [0.25, 0.3) is 22.0 Å². The van der Waals surface area contributed by atoms with E-state index in [0.29, 0.717) is 65.7 Å². The Morgan fingerprint density at radius 2 is 1.87 bits per heavy atom. The first-order valence-corrected chi connectivity index (χ1v) is 13.8. The average Bonchev–Trinajstić information content (AvgIpc) is 2.89. The molecule has 2 aromatic carbocycles. The van der Waals surface area contributed by atoms with E-state index < -0.39 is 17.3 Å². The maximum atomic E-state index is 14.9. The fourth-order valence-electron chi connectivity index (χ4n) is 5.96. The normalized spacial score (nSPS) is 20.4. The monoisotopic (exact) mass is 571 g/mol. The number of halogens is 3. The Kier molecular flexibility index (Phi) is 6.38. The minimum Gasteiger partial charge on any atom is -0.352 e. The van der Waals surface area contributed by atoms with Gasteiger partial charge in [0.2, 0.25) is 11.8 Å². The molecule has 2 amide bonds. The van der Waals surface area contributed by atoms with Crippen molar-refractivity contribution in [3.63, 3.8) is 0 Å². The van der Waals surface area contributed by atoms with Crippen LogP contribution in [0.3, 0.4) is 0 Å². The molecule has 3 aliphatic rings. The van der Waals surface area contributed by atoms with Crippen molar-refractivity contribution >= 4 is 51.9 Å². The Bertz CT molecular complexity index is 1610. The number of rotatable bonds is 3. The first-order valence-electron chi connectivity index (χ1n) is 12.5. The second-order valence-electron chi connectivity index (χ2n) is 9.89. The number of aryl methyl sites for hydroxylation is 1. The number of carbonyl (C=O) groups excluding carboxylic acids is 2.